The van der Waals surface area contributed by atoms with E-state index in [1.54, 1.807) is 6.07 Å². The Kier molecular flexibility index (Phi) is 6.37. The predicted molar refractivity (Wildman–Crippen MR) is 133 cm³/mol. The molecule has 0 aliphatic carbocycles. The quantitative estimate of drug-likeness (QED) is 0.397. The zero-order valence-corrected chi connectivity index (χ0v) is 21.0. The molecule has 35 heavy (non-hydrogen) atoms. The molecule has 0 aromatic heterocycles. The summed E-state index contributed by atoms with van der Waals surface area (Å²) in [5.41, 5.74) is 8.80. The second-order valence-electron chi connectivity index (χ2n) is 7.81. The van der Waals surface area contributed by atoms with E-state index in [1.165, 1.54) is 0 Å². The molecule has 0 bridgehead atoms. The number of halogens is 2. The fourth-order valence-electron chi connectivity index (χ4n) is 4.11. The summed E-state index contributed by atoms with van der Waals surface area (Å²) >= 11 is 9.92. The summed E-state index contributed by atoms with van der Waals surface area (Å²) in [4.78, 5) is 0. The van der Waals surface area contributed by atoms with E-state index in [1.807, 2.05) is 49.4 Å². The van der Waals surface area contributed by atoms with Crippen LogP contribution in [0.4, 0.5) is 0 Å². The number of hydrogen-bond donors (Lipinski definition) is 1. The molecule has 0 unspecified atom stereocenters. The van der Waals surface area contributed by atoms with Gasteiger partial charge in [0, 0.05) is 22.2 Å². The Hall–Kier alpha value is -3.54. The first kappa shape index (κ1) is 23.2. The molecule has 178 valence electrons. The van der Waals surface area contributed by atoms with Gasteiger partial charge in [0.2, 0.25) is 12.7 Å². The molecule has 2 aliphatic heterocycles. The van der Waals surface area contributed by atoms with Gasteiger partial charge in [0.15, 0.2) is 23.0 Å². The van der Waals surface area contributed by atoms with Crippen molar-refractivity contribution in [2.75, 3.05) is 13.4 Å². The second kappa shape index (κ2) is 9.61. The van der Waals surface area contributed by atoms with E-state index in [9.17, 15) is 5.26 Å². The van der Waals surface area contributed by atoms with Crippen molar-refractivity contribution in [3.8, 4) is 34.8 Å². The molecule has 0 amide bonds. The van der Waals surface area contributed by atoms with Crippen molar-refractivity contribution in [3.63, 3.8) is 0 Å². The molecule has 0 saturated carbocycles. The summed E-state index contributed by atoms with van der Waals surface area (Å²) in [5, 5.41) is 10.6. The molecule has 3 aromatic carbocycles. The monoisotopic (exact) mass is 554 g/mol. The van der Waals surface area contributed by atoms with Gasteiger partial charge in [-0.15, -0.1) is 0 Å². The number of ether oxygens (including phenoxy) is 5. The van der Waals surface area contributed by atoms with Crippen molar-refractivity contribution in [3.05, 3.63) is 86.2 Å². The van der Waals surface area contributed by atoms with Gasteiger partial charge in [0.1, 0.15) is 24.0 Å². The smallest absolute Gasteiger partial charge is 0.231 e. The van der Waals surface area contributed by atoms with Crippen LogP contribution in [0, 0.1) is 11.3 Å². The Morgan fingerprint density at radius 3 is 2.63 bits per heavy atom. The molecule has 0 spiro atoms. The summed E-state index contributed by atoms with van der Waals surface area (Å²) in [6.07, 6.45) is 0. The molecule has 2 N–H and O–H groups in total. The van der Waals surface area contributed by atoms with Crippen LogP contribution in [-0.2, 0) is 6.61 Å². The van der Waals surface area contributed by atoms with Gasteiger partial charge in [-0.1, -0.05) is 29.8 Å². The fourth-order valence-corrected chi connectivity index (χ4v) is 4.88. The normalized spacial score (nSPS) is 15.8. The van der Waals surface area contributed by atoms with Crippen LogP contribution in [0.25, 0.3) is 0 Å². The van der Waals surface area contributed by atoms with Crippen LogP contribution < -0.4 is 29.4 Å². The topological polar surface area (TPSA) is 96.0 Å². The summed E-state index contributed by atoms with van der Waals surface area (Å²) in [5.74, 6) is 2.24. The average molecular weight is 556 g/mol. The minimum Gasteiger partial charge on any atom is -0.490 e. The lowest BCUT2D eigenvalue weighted by Gasteiger charge is -2.27. The zero-order valence-electron chi connectivity index (χ0n) is 18.6. The van der Waals surface area contributed by atoms with E-state index in [0.717, 1.165) is 16.7 Å². The van der Waals surface area contributed by atoms with Gasteiger partial charge in [-0.2, -0.15) is 5.26 Å². The maximum atomic E-state index is 9.94. The number of nitrogens with zero attached hydrogens (tertiary/aromatic N) is 1. The maximum Gasteiger partial charge on any atom is 0.231 e. The Morgan fingerprint density at radius 2 is 1.89 bits per heavy atom. The third-order valence-electron chi connectivity index (χ3n) is 5.71. The van der Waals surface area contributed by atoms with Crippen LogP contribution in [0.3, 0.4) is 0 Å². The number of hydrogen-bond acceptors (Lipinski definition) is 7. The molecule has 7 nitrogen and oxygen atoms in total. The number of benzene rings is 3. The lowest BCUT2D eigenvalue weighted by molar-refractivity contribution is 0.174. The SMILES string of the molecule is CCOc1cc([C@H]2C(C#N)=C(N)Oc3cc4c(cc32)OCO4)cc(Br)c1OCc1ccccc1Cl. The highest BCUT2D eigenvalue weighted by atomic mass is 79.9. The lowest BCUT2D eigenvalue weighted by Crippen LogP contribution is -2.21. The molecule has 3 aromatic rings. The van der Waals surface area contributed by atoms with Crippen molar-refractivity contribution in [2.24, 2.45) is 5.73 Å². The molecule has 0 radical (unpaired) electrons. The van der Waals surface area contributed by atoms with Gasteiger partial charge >= 0.3 is 0 Å². The van der Waals surface area contributed by atoms with Crippen LogP contribution in [-0.4, -0.2) is 13.4 Å². The van der Waals surface area contributed by atoms with Crippen molar-refractivity contribution in [1.82, 2.24) is 0 Å². The Morgan fingerprint density at radius 1 is 1.11 bits per heavy atom. The summed E-state index contributed by atoms with van der Waals surface area (Å²) in [6, 6.07) is 17.0. The summed E-state index contributed by atoms with van der Waals surface area (Å²) in [6.45, 7) is 2.69. The van der Waals surface area contributed by atoms with Crippen LogP contribution in [0.1, 0.15) is 29.5 Å². The largest absolute Gasteiger partial charge is 0.490 e. The highest BCUT2D eigenvalue weighted by Crippen LogP contribution is 2.50. The molecule has 2 aliphatic rings. The Balaban J connectivity index is 1.58. The highest BCUT2D eigenvalue weighted by Gasteiger charge is 2.34. The summed E-state index contributed by atoms with van der Waals surface area (Å²) in [7, 11) is 0. The van der Waals surface area contributed by atoms with Gasteiger partial charge in [0.25, 0.3) is 0 Å². The average Bonchev–Trinajstić information content (AvgIpc) is 3.30. The lowest BCUT2D eigenvalue weighted by atomic mass is 9.83. The first-order valence-corrected chi connectivity index (χ1v) is 12.0. The number of allylic oxidation sites excluding steroid dienone is 1. The van der Waals surface area contributed by atoms with Gasteiger partial charge in [-0.05, 0) is 52.7 Å². The van der Waals surface area contributed by atoms with Crippen molar-refractivity contribution in [2.45, 2.75) is 19.4 Å². The molecule has 0 fully saturated rings. The Labute approximate surface area is 215 Å². The minimum absolute atomic E-state index is 0.0389. The minimum atomic E-state index is -0.508. The third kappa shape index (κ3) is 4.33. The first-order chi connectivity index (χ1) is 17.0. The highest BCUT2D eigenvalue weighted by molar-refractivity contribution is 9.10. The Bertz CT molecular complexity index is 1380. The van der Waals surface area contributed by atoms with Crippen LogP contribution in [0.5, 0.6) is 28.7 Å². The predicted octanol–water partition coefficient (Wildman–Crippen LogP) is 6.03. The van der Waals surface area contributed by atoms with E-state index >= 15 is 0 Å². The molecule has 9 heteroatoms. The first-order valence-electron chi connectivity index (χ1n) is 10.8. The maximum absolute atomic E-state index is 9.94. The van der Waals surface area contributed by atoms with Crippen LogP contribution in [0.2, 0.25) is 5.02 Å². The van der Waals surface area contributed by atoms with Gasteiger partial charge in [0.05, 0.1) is 17.0 Å². The standard InChI is InChI=1S/C26H20BrClN2O5/c1-2-31-23-8-15(7-18(27)25(23)32-12-14-5-3-4-6-19(14)28)24-16-9-21-22(34-13-33-21)10-20(16)35-26(30)17(24)11-29/h3-10,24H,2,12-13,30H2,1H3/t24-/m1/s1. The van der Waals surface area contributed by atoms with E-state index in [4.69, 9.17) is 41.0 Å². The fraction of sp³-hybridized carbons (Fsp3) is 0.192. The van der Waals surface area contributed by atoms with E-state index < -0.39 is 5.92 Å². The van der Waals surface area contributed by atoms with Crippen molar-refractivity contribution in [1.29, 1.82) is 5.26 Å². The molecular formula is C26H20BrClN2O5. The van der Waals surface area contributed by atoms with Crippen molar-refractivity contribution >= 4 is 27.5 Å². The van der Waals surface area contributed by atoms with Gasteiger partial charge in [-0.3, -0.25) is 0 Å². The third-order valence-corrected chi connectivity index (χ3v) is 6.66. The van der Waals surface area contributed by atoms with Gasteiger partial charge < -0.3 is 29.4 Å². The van der Waals surface area contributed by atoms with Crippen molar-refractivity contribution < 1.29 is 23.7 Å². The number of nitrogens with two attached hydrogens (primary N) is 1. The second-order valence-corrected chi connectivity index (χ2v) is 9.07. The van der Waals surface area contributed by atoms with E-state index in [2.05, 4.69) is 22.0 Å². The van der Waals surface area contributed by atoms with Gasteiger partial charge in [-0.25, -0.2) is 0 Å². The number of nitriles is 1. The summed E-state index contributed by atoms with van der Waals surface area (Å²) < 4.78 is 29.5. The molecule has 1 atom stereocenters. The van der Waals surface area contributed by atoms with E-state index in [-0.39, 0.29) is 24.9 Å². The number of rotatable bonds is 6. The molecule has 5 rings (SSSR count). The zero-order chi connectivity index (χ0) is 24.5. The molecule has 2 heterocycles. The molecular weight excluding hydrogens is 536 g/mol. The van der Waals surface area contributed by atoms with Crippen LogP contribution in [0.15, 0.2) is 64.5 Å². The molecule has 0 saturated heterocycles. The number of fused-ring (bicyclic) bond motifs is 2. The van der Waals surface area contributed by atoms with E-state index in [0.29, 0.717) is 44.8 Å². The van der Waals surface area contributed by atoms with Crippen LogP contribution >= 0.6 is 27.5 Å².